The van der Waals surface area contributed by atoms with Crippen molar-refractivity contribution in [3.63, 3.8) is 0 Å². The number of anilines is 1. The Morgan fingerprint density at radius 1 is 1.22 bits per heavy atom. The number of ketones is 1. The molecule has 1 amide bonds. The van der Waals surface area contributed by atoms with Gasteiger partial charge in [-0.25, -0.2) is 0 Å². The van der Waals surface area contributed by atoms with Gasteiger partial charge in [0, 0.05) is 24.4 Å². The molecule has 2 unspecified atom stereocenters. The average molecular weight is 341 g/mol. The van der Waals surface area contributed by atoms with Crippen molar-refractivity contribution in [3.8, 4) is 0 Å². The lowest BCUT2D eigenvalue weighted by Gasteiger charge is -2.35. The summed E-state index contributed by atoms with van der Waals surface area (Å²) in [6, 6.07) is 11.9. The van der Waals surface area contributed by atoms with Crippen LogP contribution in [0.25, 0.3) is 0 Å². The van der Waals surface area contributed by atoms with Gasteiger partial charge in [0.1, 0.15) is 5.41 Å². The van der Waals surface area contributed by atoms with Crippen LogP contribution in [0.15, 0.2) is 58.1 Å². The van der Waals surface area contributed by atoms with Gasteiger partial charge < -0.3 is 4.90 Å². The number of carbonyl (C=O) groups is 2. The zero-order valence-electron chi connectivity index (χ0n) is 12.6. The summed E-state index contributed by atoms with van der Waals surface area (Å²) in [5.74, 6) is 0.140. The molecule has 3 nitrogen and oxygen atoms in total. The molecule has 1 spiro atoms. The minimum Gasteiger partial charge on any atom is -0.314 e. The number of carbonyl (C=O) groups excluding carboxylic acids is 2. The number of fused-ring (bicyclic) bond motifs is 2. The molecule has 0 saturated heterocycles. The second kappa shape index (κ2) is 5.35. The van der Waals surface area contributed by atoms with Crippen LogP contribution in [0, 0.1) is 0 Å². The first kappa shape index (κ1) is 14.7. The second-order valence-electron chi connectivity index (χ2n) is 5.79. The number of hydrogen-bond acceptors (Lipinski definition) is 4. The van der Waals surface area contributed by atoms with E-state index in [9.17, 15) is 9.59 Å². The zero-order chi connectivity index (χ0) is 16.0. The Morgan fingerprint density at radius 2 is 2.04 bits per heavy atom. The molecule has 4 rings (SSSR count). The standard InChI is InChI=1S/C18H15NO2S2/c1-19-14-6-3-2-5-13(14)18(17(19)21)9-8-12(20)11-15(18)23-16-7-4-10-22-16/h2-10,15H,11H2,1H3. The van der Waals surface area contributed by atoms with E-state index in [0.717, 1.165) is 15.5 Å². The van der Waals surface area contributed by atoms with Crippen molar-refractivity contribution in [1.29, 1.82) is 0 Å². The molecule has 2 heterocycles. The van der Waals surface area contributed by atoms with E-state index in [1.165, 1.54) is 0 Å². The van der Waals surface area contributed by atoms with Gasteiger partial charge in [-0.05, 0) is 29.2 Å². The molecule has 0 radical (unpaired) electrons. The maximum atomic E-state index is 13.1. The first-order chi connectivity index (χ1) is 11.1. The van der Waals surface area contributed by atoms with E-state index in [0.29, 0.717) is 6.42 Å². The van der Waals surface area contributed by atoms with Gasteiger partial charge in [0.2, 0.25) is 5.91 Å². The first-order valence-electron chi connectivity index (χ1n) is 7.43. The monoisotopic (exact) mass is 341 g/mol. The summed E-state index contributed by atoms with van der Waals surface area (Å²) >= 11 is 3.29. The van der Waals surface area contributed by atoms with Gasteiger partial charge in [0.05, 0.1) is 4.21 Å². The van der Waals surface area contributed by atoms with Crippen molar-refractivity contribution >= 4 is 40.5 Å². The zero-order valence-corrected chi connectivity index (χ0v) is 14.2. The fourth-order valence-corrected chi connectivity index (χ4v) is 5.80. The smallest absolute Gasteiger partial charge is 0.242 e. The summed E-state index contributed by atoms with van der Waals surface area (Å²) in [6.45, 7) is 0. The van der Waals surface area contributed by atoms with Crippen molar-refractivity contribution < 1.29 is 9.59 Å². The first-order valence-corrected chi connectivity index (χ1v) is 9.19. The molecule has 1 aliphatic heterocycles. The van der Waals surface area contributed by atoms with Crippen molar-refractivity contribution in [1.82, 2.24) is 0 Å². The van der Waals surface area contributed by atoms with Crippen LogP contribution >= 0.6 is 23.1 Å². The van der Waals surface area contributed by atoms with Gasteiger partial charge in [0.15, 0.2) is 5.78 Å². The van der Waals surface area contributed by atoms with E-state index in [-0.39, 0.29) is 16.9 Å². The largest absolute Gasteiger partial charge is 0.314 e. The summed E-state index contributed by atoms with van der Waals surface area (Å²) < 4.78 is 1.14. The third-order valence-corrected chi connectivity index (χ3v) is 6.98. The lowest BCUT2D eigenvalue weighted by atomic mass is 9.73. The van der Waals surface area contributed by atoms with E-state index in [2.05, 4.69) is 0 Å². The summed E-state index contributed by atoms with van der Waals surface area (Å²) in [7, 11) is 1.81. The lowest BCUT2D eigenvalue weighted by molar-refractivity contribution is -0.122. The molecule has 1 aromatic carbocycles. The van der Waals surface area contributed by atoms with Gasteiger partial charge in [0.25, 0.3) is 0 Å². The molecule has 2 aliphatic rings. The van der Waals surface area contributed by atoms with Crippen molar-refractivity contribution in [2.75, 3.05) is 11.9 Å². The number of nitrogens with zero attached hydrogens (tertiary/aromatic N) is 1. The average Bonchev–Trinajstić information content (AvgIpc) is 3.13. The molecular formula is C18H15NO2S2. The molecule has 0 fully saturated rings. The van der Waals surface area contributed by atoms with Crippen LogP contribution in [0.3, 0.4) is 0 Å². The number of allylic oxidation sites excluding steroid dienone is 1. The summed E-state index contributed by atoms with van der Waals surface area (Å²) in [4.78, 5) is 26.9. The molecular weight excluding hydrogens is 326 g/mol. The molecule has 0 saturated carbocycles. The maximum Gasteiger partial charge on any atom is 0.242 e. The normalized spacial score (nSPS) is 26.1. The lowest BCUT2D eigenvalue weighted by Crippen LogP contribution is -2.47. The van der Waals surface area contributed by atoms with Crippen molar-refractivity contribution in [3.05, 3.63) is 59.5 Å². The van der Waals surface area contributed by atoms with Crippen LogP contribution in [0.2, 0.25) is 0 Å². The van der Waals surface area contributed by atoms with Gasteiger partial charge in [-0.2, -0.15) is 0 Å². The molecule has 1 aliphatic carbocycles. The van der Waals surface area contributed by atoms with Crippen LogP contribution < -0.4 is 4.90 Å². The molecule has 23 heavy (non-hydrogen) atoms. The van der Waals surface area contributed by atoms with Gasteiger partial charge in [-0.3, -0.25) is 9.59 Å². The van der Waals surface area contributed by atoms with Gasteiger partial charge in [-0.15, -0.1) is 23.1 Å². The topological polar surface area (TPSA) is 37.4 Å². The van der Waals surface area contributed by atoms with Crippen LogP contribution in [0.1, 0.15) is 12.0 Å². The highest BCUT2D eigenvalue weighted by atomic mass is 32.2. The summed E-state index contributed by atoms with van der Waals surface area (Å²) in [5.41, 5.74) is 1.20. The van der Waals surface area contributed by atoms with Crippen LogP contribution in [0.5, 0.6) is 0 Å². The number of rotatable bonds is 2. The number of amides is 1. The van der Waals surface area contributed by atoms with Gasteiger partial charge in [-0.1, -0.05) is 30.3 Å². The number of benzene rings is 1. The molecule has 5 heteroatoms. The molecule has 116 valence electrons. The molecule has 2 atom stereocenters. The van der Waals surface area contributed by atoms with Crippen LogP contribution in [-0.4, -0.2) is 24.0 Å². The van der Waals surface area contributed by atoms with Crippen LogP contribution in [-0.2, 0) is 15.0 Å². The Bertz CT molecular complexity index is 812. The Kier molecular flexibility index (Phi) is 3.43. The predicted molar refractivity (Wildman–Crippen MR) is 94.3 cm³/mol. The van der Waals surface area contributed by atoms with Crippen molar-refractivity contribution in [2.45, 2.75) is 21.3 Å². The minimum absolute atomic E-state index is 0.0523. The quantitative estimate of drug-likeness (QED) is 0.837. The SMILES string of the molecule is CN1C(=O)C2(C=CC(=O)CC2Sc2cccs2)c2ccccc21. The predicted octanol–water partition coefficient (Wildman–Crippen LogP) is 3.65. The third-order valence-electron chi connectivity index (χ3n) is 4.55. The number of para-hydroxylation sites is 1. The number of likely N-dealkylation sites (N-methyl/N-ethyl adjacent to an activating group) is 1. The van der Waals surface area contributed by atoms with Gasteiger partial charge >= 0.3 is 0 Å². The summed E-state index contributed by atoms with van der Waals surface area (Å²) in [5, 5.41) is 1.91. The number of thiophene rings is 1. The Hall–Kier alpha value is -1.85. The Morgan fingerprint density at radius 3 is 2.83 bits per heavy atom. The highest BCUT2D eigenvalue weighted by Gasteiger charge is 2.55. The molecule has 0 bridgehead atoms. The molecule has 1 aromatic heterocycles. The van der Waals surface area contributed by atoms with E-state index < -0.39 is 5.41 Å². The second-order valence-corrected chi connectivity index (χ2v) is 8.24. The number of thioether (sulfide) groups is 1. The van der Waals surface area contributed by atoms with Crippen molar-refractivity contribution in [2.24, 2.45) is 0 Å². The van der Waals surface area contributed by atoms with Crippen LogP contribution in [0.4, 0.5) is 5.69 Å². The Balaban J connectivity index is 1.87. The fraction of sp³-hybridized carbons (Fsp3) is 0.222. The maximum absolute atomic E-state index is 13.1. The summed E-state index contributed by atoms with van der Waals surface area (Å²) in [6.07, 6.45) is 3.79. The Labute approximate surface area is 143 Å². The van der Waals surface area contributed by atoms with E-state index in [1.807, 2.05) is 54.9 Å². The third kappa shape index (κ3) is 2.11. The highest BCUT2D eigenvalue weighted by Crippen LogP contribution is 2.52. The fourth-order valence-electron chi connectivity index (χ4n) is 3.44. The highest BCUT2D eigenvalue weighted by molar-refractivity contribution is 8.01. The van der Waals surface area contributed by atoms with E-state index in [4.69, 9.17) is 0 Å². The molecule has 2 aromatic rings. The minimum atomic E-state index is -0.742. The number of hydrogen-bond donors (Lipinski definition) is 0. The van der Waals surface area contributed by atoms with E-state index >= 15 is 0 Å². The molecule has 0 N–H and O–H groups in total. The van der Waals surface area contributed by atoms with E-state index in [1.54, 1.807) is 34.1 Å².